The second-order valence-corrected chi connectivity index (χ2v) is 4.93. The summed E-state index contributed by atoms with van der Waals surface area (Å²) in [6.07, 6.45) is 1.13. The highest BCUT2D eigenvalue weighted by Gasteiger charge is 2.29. The molecule has 0 spiro atoms. The van der Waals surface area contributed by atoms with Gasteiger partial charge in [0.1, 0.15) is 12.4 Å². The monoisotopic (exact) mass is 250 g/mol. The zero-order chi connectivity index (χ0) is 13.0. The van der Waals surface area contributed by atoms with Gasteiger partial charge in [0.15, 0.2) is 0 Å². The molecule has 0 bridgehead atoms. The Bertz CT molecular complexity index is 367. The minimum absolute atomic E-state index is 0.0469. The van der Waals surface area contributed by atoms with Crippen LogP contribution in [0, 0.1) is 5.92 Å². The highest BCUT2D eigenvalue weighted by atomic mass is 16.5. The van der Waals surface area contributed by atoms with Crippen molar-refractivity contribution in [1.82, 2.24) is 4.90 Å². The van der Waals surface area contributed by atoms with Crippen LogP contribution in [0.2, 0.25) is 0 Å². The summed E-state index contributed by atoms with van der Waals surface area (Å²) in [4.78, 5) is 2.36. The molecule has 1 aliphatic heterocycles. The summed E-state index contributed by atoms with van der Waals surface area (Å²) in [5, 5.41) is 8.70. The van der Waals surface area contributed by atoms with E-state index in [1.807, 2.05) is 12.1 Å². The van der Waals surface area contributed by atoms with Gasteiger partial charge in [-0.05, 0) is 43.6 Å². The van der Waals surface area contributed by atoms with Gasteiger partial charge in [-0.15, -0.1) is 0 Å². The van der Waals surface area contributed by atoms with Crippen molar-refractivity contribution in [3.8, 4) is 5.75 Å². The van der Waals surface area contributed by atoms with E-state index in [9.17, 15) is 0 Å². The summed E-state index contributed by atoms with van der Waals surface area (Å²) in [5.41, 5.74) is 7.05. The molecule has 2 atom stereocenters. The molecule has 0 radical (unpaired) electrons. The molecule has 1 aromatic carbocycles. The van der Waals surface area contributed by atoms with Crippen LogP contribution in [0.1, 0.15) is 18.0 Å². The molecule has 4 heteroatoms. The summed E-state index contributed by atoms with van der Waals surface area (Å²) < 4.78 is 5.36. The smallest absolute Gasteiger partial charge is 0.119 e. The first-order valence-corrected chi connectivity index (χ1v) is 6.48. The van der Waals surface area contributed by atoms with E-state index < -0.39 is 0 Å². The van der Waals surface area contributed by atoms with Gasteiger partial charge in [-0.2, -0.15) is 0 Å². The molecule has 1 aromatic rings. The zero-order valence-electron chi connectivity index (χ0n) is 10.9. The van der Waals surface area contributed by atoms with Crippen LogP contribution < -0.4 is 10.5 Å². The molecule has 0 aromatic heterocycles. The van der Waals surface area contributed by atoms with Gasteiger partial charge in [-0.3, -0.25) is 4.90 Å². The predicted molar refractivity (Wildman–Crippen MR) is 71.6 cm³/mol. The Hall–Kier alpha value is -1.10. The average molecular weight is 250 g/mol. The molecule has 3 N–H and O–H groups in total. The number of likely N-dealkylation sites (tertiary alicyclic amines) is 1. The van der Waals surface area contributed by atoms with Gasteiger partial charge < -0.3 is 15.6 Å². The van der Waals surface area contributed by atoms with E-state index >= 15 is 0 Å². The van der Waals surface area contributed by atoms with Gasteiger partial charge in [0.25, 0.3) is 0 Å². The van der Waals surface area contributed by atoms with Gasteiger partial charge >= 0.3 is 0 Å². The highest BCUT2D eigenvalue weighted by molar-refractivity contribution is 5.29. The Morgan fingerprint density at radius 2 is 2.11 bits per heavy atom. The SMILES string of the molecule is CN1CC(CN)CC1c1ccc(OCCO)cc1. The molecule has 0 aliphatic carbocycles. The molecule has 18 heavy (non-hydrogen) atoms. The predicted octanol–water partition coefficient (Wildman–Crippen LogP) is 1.01. The number of ether oxygens (including phenoxy) is 1. The Morgan fingerprint density at radius 1 is 1.39 bits per heavy atom. The normalized spacial score (nSPS) is 24.4. The summed E-state index contributed by atoms with van der Waals surface area (Å²) >= 11 is 0. The molecule has 2 unspecified atom stereocenters. The number of nitrogens with two attached hydrogens (primary N) is 1. The fraction of sp³-hybridized carbons (Fsp3) is 0.571. The van der Waals surface area contributed by atoms with Crippen molar-refractivity contribution >= 4 is 0 Å². The molecule has 1 saturated heterocycles. The quantitative estimate of drug-likeness (QED) is 0.819. The maximum atomic E-state index is 8.70. The van der Waals surface area contributed by atoms with Gasteiger partial charge in [-0.25, -0.2) is 0 Å². The summed E-state index contributed by atoms with van der Waals surface area (Å²) in [5.74, 6) is 1.41. The van der Waals surface area contributed by atoms with Crippen molar-refractivity contribution in [3.63, 3.8) is 0 Å². The second kappa shape index (κ2) is 6.18. The number of hydrogen-bond donors (Lipinski definition) is 2. The molecule has 1 aliphatic rings. The zero-order valence-corrected chi connectivity index (χ0v) is 10.9. The third kappa shape index (κ3) is 3.02. The third-order valence-electron chi connectivity index (χ3n) is 3.59. The lowest BCUT2D eigenvalue weighted by Crippen LogP contribution is -2.20. The number of benzene rings is 1. The van der Waals surface area contributed by atoms with E-state index in [0.717, 1.165) is 25.3 Å². The van der Waals surface area contributed by atoms with Crippen LogP contribution in [-0.4, -0.2) is 43.4 Å². The van der Waals surface area contributed by atoms with Gasteiger partial charge in [0.05, 0.1) is 6.61 Å². The van der Waals surface area contributed by atoms with Crippen molar-refractivity contribution < 1.29 is 9.84 Å². The van der Waals surface area contributed by atoms with Crippen molar-refractivity contribution in [1.29, 1.82) is 0 Å². The van der Waals surface area contributed by atoms with Crippen LogP contribution in [0.3, 0.4) is 0 Å². The minimum Gasteiger partial charge on any atom is -0.491 e. The highest BCUT2D eigenvalue weighted by Crippen LogP contribution is 2.34. The molecule has 0 amide bonds. The Kier molecular flexibility index (Phi) is 4.58. The Morgan fingerprint density at radius 3 is 2.67 bits per heavy atom. The fourth-order valence-electron chi connectivity index (χ4n) is 2.62. The maximum absolute atomic E-state index is 8.70. The van der Waals surface area contributed by atoms with Crippen LogP contribution in [0.4, 0.5) is 0 Å². The number of aliphatic hydroxyl groups excluding tert-OH is 1. The van der Waals surface area contributed by atoms with Crippen LogP contribution >= 0.6 is 0 Å². The molecular weight excluding hydrogens is 228 g/mol. The van der Waals surface area contributed by atoms with Crippen LogP contribution in [-0.2, 0) is 0 Å². The van der Waals surface area contributed by atoms with Crippen molar-refractivity contribution in [2.24, 2.45) is 11.7 Å². The lowest BCUT2D eigenvalue weighted by molar-refractivity contribution is 0.201. The van der Waals surface area contributed by atoms with Crippen molar-refractivity contribution in [2.45, 2.75) is 12.5 Å². The van der Waals surface area contributed by atoms with E-state index in [4.69, 9.17) is 15.6 Å². The molecule has 100 valence electrons. The number of rotatable bonds is 5. The van der Waals surface area contributed by atoms with Gasteiger partial charge in [0.2, 0.25) is 0 Å². The fourth-order valence-corrected chi connectivity index (χ4v) is 2.62. The van der Waals surface area contributed by atoms with Crippen molar-refractivity contribution in [3.05, 3.63) is 29.8 Å². The molecular formula is C14H22N2O2. The van der Waals surface area contributed by atoms with Gasteiger partial charge in [-0.1, -0.05) is 12.1 Å². The summed E-state index contributed by atoms with van der Waals surface area (Å²) in [6, 6.07) is 8.60. The molecule has 0 saturated carbocycles. The lowest BCUT2D eigenvalue weighted by atomic mass is 10.00. The first kappa shape index (κ1) is 13.3. The van der Waals surface area contributed by atoms with E-state index in [2.05, 4.69) is 24.1 Å². The standard InChI is InChI=1S/C14H22N2O2/c1-16-10-11(9-15)8-14(16)12-2-4-13(5-3-12)18-7-6-17/h2-5,11,14,17H,6-10,15H2,1H3. The first-order chi connectivity index (χ1) is 8.74. The first-order valence-electron chi connectivity index (χ1n) is 6.48. The molecule has 2 rings (SSSR count). The third-order valence-corrected chi connectivity index (χ3v) is 3.59. The second-order valence-electron chi connectivity index (χ2n) is 4.93. The number of nitrogens with zero attached hydrogens (tertiary/aromatic N) is 1. The number of hydrogen-bond acceptors (Lipinski definition) is 4. The van der Waals surface area contributed by atoms with Crippen LogP contribution in [0.15, 0.2) is 24.3 Å². The summed E-state index contributed by atoms with van der Waals surface area (Å²) in [6.45, 7) is 2.23. The van der Waals surface area contributed by atoms with Gasteiger partial charge in [0, 0.05) is 12.6 Å². The van der Waals surface area contributed by atoms with E-state index in [1.165, 1.54) is 5.56 Å². The molecule has 1 fully saturated rings. The Balaban J connectivity index is 2.01. The van der Waals surface area contributed by atoms with Crippen molar-refractivity contribution in [2.75, 3.05) is 33.4 Å². The number of aliphatic hydroxyl groups is 1. The largest absolute Gasteiger partial charge is 0.491 e. The molecule has 1 heterocycles. The lowest BCUT2D eigenvalue weighted by Gasteiger charge is -2.19. The van der Waals surface area contributed by atoms with E-state index in [-0.39, 0.29) is 6.61 Å². The average Bonchev–Trinajstić information content (AvgIpc) is 2.78. The summed E-state index contributed by atoms with van der Waals surface area (Å²) in [7, 11) is 2.15. The Labute approximate surface area is 108 Å². The van der Waals surface area contributed by atoms with Crippen LogP contribution in [0.25, 0.3) is 0 Å². The minimum atomic E-state index is 0.0469. The maximum Gasteiger partial charge on any atom is 0.119 e. The van der Waals surface area contributed by atoms with Crippen LogP contribution in [0.5, 0.6) is 5.75 Å². The van der Waals surface area contributed by atoms with E-state index in [1.54, 1.807) is 0 Å². The van der Waals surface area contributed by atoms with E-state index in [0.29, 0.717) is 18.6 Å². The topological polar surface area (TPSA) is 58.7 Å². The molecule has 4 nitrogen and oxygen atoms in total.